The van der Waals surface area contributed by atoms with Crippen LogP contribution in [0.15, 0.2) is 0 Å². The van der Waals surface area contributed by atoms with E-state index in [0.29, 0.717) is 5.41 Å². The van der Waals surface area contributed by atoms with E-state index in [1.54, 1.807) is 0 Å². The van der Waals surface area contributed by atoms with Gasteiger partial charge in [0.1, 0.15) is 0 Å². The molecule has 0 radical (unpaired) electrons. The lowest BCUT2D eigenvalue weighted by Gasteiger charge is -2.35. The third-order valence-electron chi connectivity index (χ3n) is 4.11. The second kappa shape index (κ2) is 4.76. The summed E-state index contributed by atoms with van der Waals surface area (Å²) >= 11 is 0. The molecule has 2 N–H and O–H groups in total. The highest BCUT2D eigenvalue weighted by atomic mass is 19.3. The lowest BCUT2D eigenvalue weighted by molar-refractivity contribution is -0.124. The van der Waals surface area contributed by atoms with Gasteiger partial charge in [-0.2, -0.15) is 0 Å². The molecular weight excluding hydrogens is 238 g/mol. The number of amides is 1. The van der Waals surface area contributed by atoms with Crippen molar-refractivity contribution in [2.24, 2.45) is 5.41 Å². The molecular formula is C13H22F2N2O. The Morgan fingerprint density at radius 3 is 2.39 bits per heavy atom. The fourth-order valence-corrected chi connectivity index (χ4v) is 2.75. The van der Waals surface area contributed by atoms with Gasteiger partial charge in [0.25, 0.3) is 5.92 Å². The molecule has 1 unspecified atom stereocenters. The van der Waals surface area contributed by atoms with E-state index in [-0.39, 0.29) is 24.9 Å². The predicted octanol–water partition coefficient (Wildman–Crippen LogP) is 2.07. The highest BCUT2D eigenvalue weighted by Crippen LogP contribution is 2.35. The zero-order valence-electron chi connectivity index (χ0n) is 11.1. The second-order valence-corrected chi connectivity index (χ2v) is 6.44. The summed E-state index contributed by atoms with van der Waals surface area (Å²) in [6.45, 7) is 4.07. The summed E-state index contributed by atoms with van der Waals surface area (Å²) in [6.07, 6.45) is 3.67. The summed E-state index contributed by atoms with van der Waals surface area (Å²) in [4.78, 5) is 11.9. The van der Waals surface area contributed by atoms with Crippen molar-refractivity contribution < 1.29 is 13.6 Å². The van der Waals surface area contributed by atoms with Gasteiger partial charge in [-0.25, -0.2) is 8.78 Å². The molecule has 2 aliphatic rings. The van der Waals surface area contributed by atoms with Crippen molar-refractivity contribution in [2.45, 2.75) is 64.0 Å². The predicted molar refractivity (Wildman–Crippen MR) is 65.5 cm³/mol. The van der Waals surface area contributed by atoms with Crippen molar-refractivity contribution >= 4 is 5.91 Å². The molecule has 1 amide bonds. The second-order valence-electron chi connectivity index (χ2n) is 6.44. The van der Waals surface area contributed by atoms with Crippen molar-refractivity contribution in [3.8, 4) is 0 Å². The highest BCUT2D eigenvalue weighted by molar-refractivity contribution is 5.82. The highest BCUT2D eigenvalue weighted by Gasteiger charge is 2.42. The van der Waals surface area contributed by atoms with Crippen molar-refractivity contribution in [3.63, 3.8) is 0 Å². The molecule has 0 spiro atoms. The van der Waals surface area contributed by atoms with Gasteiger partial charge >= 0.3 is 0 Å². The minimum Gasteiger partial charge on any atom is -0.352 e. The number of hydrogen-bond donors (Lipinski definition) is 2. The Labute approximate surface area is 107 Å². The zero-order chi connectivity index (χ0) is 13.4. The molecule has 1 heterocycles. The molecule has 1 saturated carbocycles. The number of carbonyl (C=O) groups excluding carboxylic acids is 1. The third kappa shape index (κ3) is 3.40. The Balaban J connectivity index is 1.79. The van der Waals surface area contributed by atoms with Crippen LogP contribution in [0.3, 0.4) is 0 Å². The number of carbonyl (C=O) groups is 1. The number of nitrogens with one attached hydrogen (secondary N) is 2. The minimum absolute atomic E-state index is 0.154. The van der Waals surface area contributed by atoms with Crippen LogP contribution in [0, 0.1) is 5.41 Å². The topological polar surface area (TPSA) is 41.1 Å². The van der Waals surface area contributed by atoms with Gasteiger partial charge in [-0.3, -0.25) is 10.1 Å². The van der Waals surface area contributed by atoms with Crippen LogP contribution in [0.2, 0.25) is 0 Å². The van der Waals surface area contributed by atoms with Crippen LogP contribution in [0.5, 0.6) is 0 Å². The fourth-order valence-electron chi connectivity index (χ4n) is 2.75. The maximum absolute atomic E-state index is 13.0. The number of rotatable bonds is 2. The van der Waals surface area contributed by atoms with Gasteiger partial charge in [0.2, 0.25) is 5.91 Å². The van der Waals surface area contributed by atoms with Gasteiger partial charge in [0.05, 0.1) is 12.6 Å². The van der Waals surface area contributed by atoms with E-state index >= 15 is 0 Å². The minimum atomic E-state index is -2.74. The van der Waals surface area contributed by atoms with Crippen LogP contribution in [-0.4, -0.2) is 30.5 Å². The van der Waals surface area contributed by atoms with E-state index < -0.39 is 12.0 Å². The molecule has 0 aromatic heterocycles. The fraction of sp³-hybridized carbons (Fsp3) is 0.923. The number of alkyl halides is 2. The normalized spacial score (nSPS) is 31.2. The molecule has 3 nitrogen and oxygen atoms in total. The molecule has 0 aromatic rings. The first-order valence-electron chi connectivity index (χ1n) is 6.69. The molecule has 5 heteroatoms. The Bertz CT molecular complexity index is 321. The molecule has 0 aromatic carbocycles. The maximum atomic E-state index is 13.0. The van der Waals surface area contributed by atoms with E-state index in [2.05, 4.69) is 24.5 Å². The molecule has 0 bridgehead atoms. The van der Waals surface area contributed by atoms with Crippen LogP contribution in [0.25, 0.3) is 0 Å². The monoisotopic (exact) mass is 260 g/mol. The Morgan fingerprint density at radius 2 is 1.89 bits per heavy atom. The van der Waals surface area contributed by atoms with Crippen molar-refractivity contribution in [1.82, 2.24) is 10.6 Å². The van der Waals surface area contributed by atoms with Crippen molar-refractivity contribution in [3.05, 3.63) is 0 Å². The number of halogens is 2. The van der Waals surface area contributed by atoms with Gasteiger partial charge in [-0.05, 0) is 31.1 Å². The van der Waals surface area contributed by atoms with E-state index in [9.17, 15) is 13.6 Å². The quantitative estimate of drug-likeness (QED) is 0.798. The molecule has 104 valence electrons. The van der Waals surface area contributed by atoms with Gasteiger partial charge in [-0.1, -0.05) is 13.8 Å². The Kier molecular flexibility index (Phi) is 3.63. The van der Waals surface area contributed by atoms with Crippen molar-refractivity contribution in [1.29, 1.82) is 0 Å². The Hall–Kier alpha value is -0.710. The van der Waals surface area contributed by atoms with Crippen LogP contribution in [0.4, 0.5) is 8.78 Å². The summed E-state index contributed by atoms with van der Waals surface area (Å²) in [5.41, 5.74) is 0.347. The lowest BCUT2D eigenvalue weighted by atomic mass is 9.75. The van der Waals surface area contributed by atoms with E-state index in [1.807, 2.05) is 0 Å². The summed E-state index contributed by atoms with van der Waals surface area (Å²) in [7, 11) is 0. The van der Waals surface area contributed by atoms with Crippen LogP contribution < -0.4 is 10.6 Å². The van der Waals surface area contributed by atoms with Gasteiger partial charge in [0, 0.05) is 12.5 Å². The molecule has 2 fully saturated rings. The first kappa shape index (κ1) is 13.7. The van der Waals surface area contributed by atoms with Crippen LogP contribution in [-0.2, 0) is 4.79 Å². The molecule has 1 aliphatic heterocycles. The Morgan fingerprint density at radius 1 is 1.28 bits per heavy atom. The van der Waals surface area contributed by atoms with Crippen molar-refractivity contribution in [2.75, 3.05) is 6.54 Å². The molecule has 1 aliphatic carbocycles. The summed E-state index contributed by atoms with van der Waals surface area (Å²) < 4.78 is 26.0. The van der Waals surface area contributed by atoms with E-state index in [0.717, 1.165) is 25.7 Å². The molecule has 1 saturated heterocycles. The van der Waals surface area contributed by atoms with E-state index in [4.69, 9.17) is 0 Å². The van der Waals surface area contributed by atoms with Crippen LogP contribution >= 0.6 is 0 Å². The summed E-state index contributed by atoms with van der Waals surface area (Å²) in [5, 5.41) is 5.49. The smallest absolute Gasteiger partial charge is 0.262 e. The lowest BCUT2D eigenvalue weighted by Crippen LogP contribution is -2.46. The molecule has 1 atom stereocenters. The first-order valence-corrected chi connectivity index (χ1v) is 6.69. The average molecular weight is 260 g/mol. The summed E-state index contributed by atoms with van der Waals surface area (Å²) in [5.74, 6) is -3.01. The molecule has 18 heavy (non-hydrogen) atoms. The molecule has 2 rings (SSSR count). The van der Waals surface area contributed by atoms with E-state index in [1.165, 1.54) is 0 Å². The SMILES string of the molecule is CC1(C)CCC(NC(=O)C2CC(F)(F)CN2)CC1. The van der Waals surface area contributed by atoms with Gasteiger partial charge in [-0.15, -0.1) is 0 Å². The average Bonchev–Trinajstić information content (AvgIpc) is 2.62. The van der Waals surface area contributed by atoms with Crippen LogP contribution in [0.1, 0.15) is 46.0 Å². The number of hydrogen-bond acceptors (Lipinski definition) is 2. The third-order valence-corrected chi connectivity index (χ3v) is 4.11. The standard InChI is InChI=1S/C13H22F2N2O/c1-12(2)5-3-9(4-6-12)17-11(18)10-7-13(14,15)8-16-10/h9-10,16H,3-8H2,1-2H3,(H,17,18). The first-order chi connectivity index (χ1) is 8.27. The van der Waals surface area contributed by atoms with Gasteiger partial charge in [0.15, 0.2) is 0 Å². The summed E-state index contributed by atoms with van der Waals surface area (Å²) in [6, 6.07) is -0.573. The van der Waals surface area contributed by atoms with Gasteiger partial charge < -0.3 is 5.32 Å². The zero-order valence-corrected chi connectivity index (χ0v) is 11.1. The maximum Gasteiger partial charge on any atom is 0.262 e. The largest absolute Gasteiger partial charge is 0.352 e.